The van der Waals surface area contributed by atoms with Crippen LogP contribution >= 0.6 is 11.8 Å². The van der Waals surface area contributed by atoms with Crippen LogP contribution in [0.1, 0.15) is 26.1 Å². The Morgan fingerprint density at radius 2 is 2.21 bits per heavy atom. The van der Waals surface area contributed by atoms with Crippen LogP contribution in [-0.4, -0.2) is 22.3 Å². The first-order chi connectivity index (χ1) is 6.65. The van der Waals surface area contributed by atoms with Crippen molar-refractivity contribution in [1.82, 2.24) is 9.97 Å². The van der Waals surface area contributed by atoms with Crippen LogP contribution in [0.3, 0.4) is 0 Å². The molecule has 1 atom stereocenters. The predicted molar refractivity (Wildman–Crippen MR) is 61.9 cm³/mol. The van der Waals surface area contributed by atoms with Gasteiger partial charge in [-0.15, -0.1) is 11.8 Å². The highest BCUT2D eigenvalue weighted by atomic mass is 32.2. The van der Waals surface area contributed by atoms with Crippen LogP contribution in [0.2, 0.25) is 0 Å². The Morgan fingerprint density at radius 1 is 1.50 bits per heavy atom. The van der Waals surface area contributed by atoms with E-state index in [2.05, 4.69) is 29.1 Å². The van der Waals surface area contributed by atoms with Gasteiger partial charge in [0.2, 0.25) is 0 Å². The average molecular weight is 211 g/mol. The van der Waals surface area contributed by atoms with Crippen LogP contribution in [0.4, 0.5) is 5.82 Å². The summed E-state index contributed by atoms with van der Waals surface area (Å²) < 4.78 is 0. The summed E-state index contributed by atoms with van der Waals surface area (Å²) in [5, 5.41) is 4.69. The van der Waals surface area contributed by atoms with Crippen molar-refractivity contribution in [2.45, 2.75) is 37.5 Å². The molecule has 1 aromatic heterocycles. The van der Waals surface area contributed by atoms with Crippen LogP contribution in [0, 0.1) is 6.92 Å². The fourth-order valence-corrected chi connectivity index (χ4v) is 1.96. The van der Waals surface area contributed by atoms with Gasteiger partial charge >= 0.3 is 0 Å². The SMILES string of the molecule is CCC(C)Sc1cc(NC)nc(C)n1. The first-order valence-electron chi connectivity index (χ1n) is 4.85. The molecule has 0 radical (unpaired) electrons. The maximum absolute atomic E-state index is 4.38. The van der Waals surface area contributed by atoms with Gasteiger partial charge in [0.15, 0.2) is 0 Å². The highest BCUT2D eigenvalue weighted by Gasteiger charge is 2.05. The first-order valence-corrected chi connectivity index (χ1v) is 5.73. The Morgan fingerprint density at radius 3 is 2.79 bits per heavy atom. The number of hydrogen-bond acceptors (Lipinski definition) is 4. The lowest BCUT2D eigenvalue weighted by atomic mass is 10.4. The van der Waals surface area contributed by atoms with E-state index in [1.54, 1.807) is 11.8 Å². The Hall–Kier alpha value is -0.770. The quantitative estimate of drug-likeness (QED) is 0.614. The third-order valence-electron chi connectivity index (χ3n) is 1.97. The van der Waals surface area contributed by atoms with Gasteiger partial charge in [-0.2, -0.15) is 0 Å². The number of thioether (sulfide) groups is 1. The van der Waals surface area contributed by atoms with Gasteiger partial charge in [-0.1, -0.05) is 13.8 Å². The molecule has 1 rings (SSSR count). The summed E-state index contributed by atoms with van der Waals surface area (Å²) in [6.45, 7) is 6.31. The molecule has 78 valence electrons. The van der Waals surface area contributed by atoms with Gasteiger partial charge in [0.25, 0.3) is 0 Å². The standard InChI is InChI=1S/C10H17N3S/c1-5-7(2)14-10-6-9(11-4)12-8(3)13-10/h6-7H,5H2,1-4H3,(H,11,12,13). The normalized spacial score (nSPS) is 12.6. The lowest BCUT2D eigenvalue weighted by molar-refractivity contribution is 0.893. The second kappa shape index (κ2) is 5.20. The molecule has 0 saturated carbocycles. The van der Waals surface area contributed by atoms with E-state index in [1.807, 2.05) is 20.0 Å². The van der Waals surface area contributed by atoms with Gasteiger partial charge < -0.3 is 5.32 Å². The van der Waals surface area contributed by atoms with E-state index in [9.17, 15) is 0 Å². The summed E-state index contributed by atoms with van der Waals surface area (Å²) in [6, 6.07) is 1.99. The van der Waals surface area contributed by atoms with E-state index >= 15 is 0 Å². The number of nitrogens with zero attached hydrogens (tertiary/aromatic N) is 2. The fourth-order valence-electron chi connectivity index (χ4n) is 1.02. The Labute approximate surface area is 89.7 Å². The lowest BCUT2D eigenvalue weighted by Crippen LogP contribution is -2.00. The topological polar surface area (TPSA) is 37.8 Å². The molecule has 0 aliphatic carbocycles. The van der Waals surface area contributed by atoms with Gasteiger partial charge in [0.05, 0.1) is 0 Å². The summed E-state index contributed by atoms with van der Waals surface area (Å²) in [6.07, 6.45) is 1.16. The molecule has 1 N–H and O–H groups in total. The van der Waals surface area contributed by atoms with Gasteiger partial charge in [0, 0.05) is 18.4 Å². The highest BCUT2D eigenvalue weighted by molar-refractivity contribution is 7.99. The molecule has 0 aromatic carbocycles. The predicted octanol–water partition coefficient (Wildman–Crippen LogP) is 2.72. The molecule has 3 nitrogen and oxygen atoms in total. The third-order valence-corrected chi connectivity index (χ3v) is 3.15. The van der Waals surface area contributed by atoms with Crippen molar-refractivity contribution in [3.63, 3.8) is 0 Å². The van der Waals surface area contributed by atoms with Crippen molar-refractivity contribution in [1.29, 1.82) is 0 Å². The number of aromatic nitrogens is 2. The zero-order chi connectivity index (χ0) is 10.6. The number of nitrogens with one attached hydrogen (secondary N) is 1. The summed E-state index contributed by atoms with van der Waals surface area (Å²) in [4.78, 5) is 8.63. The lowest BCUT2D eigenvalue weighted by Gasteiger charge is -2.09. The molecule has 0 spiro atoms. The summed E-state index contributed by atoms with van der Waals surface area (Å²) in [5.41, 5.74) is 0. The van der Waals surface area contributed by atoms with E-state index in [0.717, 1.165) is 23.1 Å². The molecule has 1 aromatic rings. The van der Waals surface area contributed by atoms with E-state index in [1.165, 1.54) is 0 Å². The molecule has 4 heteroatoms. The molecule has 0 aliphatic rings. The second-order valence-electron chi connectivity index (χ2n) is 3.23. The maximum Gasteiger partial charge on any atom is 0.130 e. The zero-order valence-electron chi connectivity index (χ0n) is 9.16. The molecule has 0 aliphatic heterocycles. The van der Waals surface area contributed by atoms with Gasteiger partial charge in [0.1, 0.15) is 16.7 Å². The highest BCUT2D eigenvalue weighted by Crippen LogP contribution is 2.24. The number of aryl methyl sites for hydroxylation is 1. The van der Waals surface area contributed by atoms with Gasteiger partial charge in [-0.3, -0.25) is 0 Å². The molecule has 0 fully saturated rings. The minimum Gasteiger partial charge on any atom is -0.373 e. The minimum absolute atomic E-state index is 0.606. The molecule has 1 heterocycles. The van der Waals surface area contributed by atoms with Crippen molar-refractivity contribution in [2.24, 2.45) is 0 Å². The molecular formula is C10H17N3S. The van der Waals surface area contributed by atoms with Crippen LogP contribution in [0.5, 0.6) is 0 Å². The van der Waals surface area contributed by atoms with Crippen molar-refractivity contribution in [3.05, 3.63) is 11.9 Å². The molecule has 1 unspecified atom stereocenters. The summed E-state index contributed by atoms with van der Waals surface area (Å²) in [7, 11) is 1.87. The van der Waals surface area contributed by atoms with E-state index in [-0.39, 0.29) is 0 Å². The molecule has 0 saturated heterocycles. The van der Waals surface area contributed by atoms with Crippen LogP contribution in [0.15, 0.2) is 11.1 Å². The second-order valence-corrected chi connectivity index (χ2v) is 4.68. The number of hydrogen-bond donors (Lipinski definition) is 1. The van der Waals surface area contributed by atoms with Gasteiger partial charge in [-0.05, 0) is 13.3 Å². The Balaban J connectivity index is 2.81. The Bertz CT molecular complexity index is 301. The smallest absolute Gasteiger partial charge is 0.130 e. The Kier molecular flexibility index (Phi) is 4.20. The number of rotatable bonds is 4. The molecule has 14 heavy (non-hydrogen) atoms. The summed E-state index contributed by atoms with van der Waals surface area (Å²) >= 11 is 1.80. The maximum atomic E-state index is 4.38. The largest absolute Gasteiger partial charge is 0.373 e. The number of anilines is 1. The van der Waals surface area contributed by atoms with E-state index in [0.29, 0.717) is 5.25 Å². The van der Waals surface area contributed by atoms with Crippen LogP contribution < -0.4 is 5.32 Å². The average Bonchev–Trinajstić information content (AvgIpc) is 2.16. The minimum atomic E-state index is 0.606. The summed E-state index contributed by atoms with van der Waals surface area (Å²) in [5.74, 6) is 1.71. The molecule has 0 bridgehead atoms. The zero-order valence-corrected chi connectivity index (χ0v) is 9.98. The monoisotopic (exact) mass is 211 g/mol. The van der Waals surface area contributed by atoms with Crippen molar-refractivity contribution >= 4 is 17.6 Å². The molecule has 0 amide bonds. The van der Waals surface area contributed by atoms with E-state index in [4.69, 9.17) is 0 Å². The van der Waals surface area contributed by atoms with Crippen molar-refractivity contribution in [2.75, 3.05) is 12.4 Å². The van der Waals surface area contributed by atoms with Crippen molar-refractivity contribution in [3.8, 4) is 0 Å². The third kappa shape index (κ3) is 3.18. The van der Waals surface area contributed by atoms with Crippen LogP contribution in [-0.2, 0) is 0 Å². The van der Waals surface area contributed by atoms with Gasteiger partial charge in [-0.25, -0.2) is 9.97 Å². The van der Waals surface area contributed by atoms with E-state index < -0.39 is 0 Å². The van der Waals surface area contributed by atoms with Crippen LogP contribution in [0.25, 0.3) is 0 Å². The molecular weight excluding hydrogens is 194 g/mol. The van der Waals surface area contributed by atoms with Crippen molar-refractivity contribution < 1.29 is 0 Å². The first kappa shape index (κ1) is 11.3. The fraction of sp³-hybridized carbons (Fsp3) is 0.600.